The molecule has 41 heavy (non-hydrogen) atoms. The van der Waals surface area contributed by atoms with Gasteiger partial charge in [-0.15, -0.1) is 10.2 Å². The van der Waals surface area contributed by atoms with Crippen molar-refractivity contribution in [3.63, 3.8) is 0 Å². The minimum absolute atomic E-state index is 0.0323. The summed E-state index contributed by atoms with van der Waals surface area (Å²) in [6.45, 7) is 0. The molecule has 0 saturated heterocycles. The SMILES string of the molecule is COc1cc(Nc2nnc3c(F)cc(-c4ccc5c(ccn5S(=O)(=O)c5ccccc5)c4)cn23)cc(OC)c1OC. The van der Waals surface area contributed by atoms with Crippen molar-refractivity contribution >= 4 is 38.2 Å². The molecule has 0 aliphatic heterocycles. The summed E-state index contributed by atoms with van der Waals surface area (Å²) in [6.07, 6.45) is 3.22. The van der Waals surface area contributed by atoms with Crippen LogP contribution in [-0.2, 0) is 10.0 Å². The number of nitrogens with one attached hydrogen (secondary N) is 1. The normalized spacial score (nSPS) is 11.6. The molecule has 3 heterocycles. The van der Waals surface area contributed by atoms with Gasteiger partial charge in [0, 0.05) is 41.2 Å². The molecule has 0 aliphatic rings. The molecule has 10 nitrogen and oxygen atoms in total. The zero-order chi connectivity index (χ0) is 28.7. The van der Waals surface area contributed by atoms with Crippen LogP contribution in [0.1, 0.15) is 0 Å². The van der Waals surface area contributed by atoms with Crippen LogP contribution in [0.25, 0.3) is 27.7 Å². The van der Waals surface area contributed by atoms with Gasteiger partial charge in [0.05, 0.1) is 31.7 Å². The van der Waals surface area contributed by atoms with E-state index in [9.17, 15) is 8.42 Å². The molecule has 3 aromatic carbocycles. The number of methoxy groups -OCH3 is 3. The number of hydrogen-bond acceptors (Lipinski definition) is 8. The summed E-state index contributed by atoms with van der Waals surface area (Å²) in [5.41, 5.74) is 2.32. The minimum Gasteiger partial charge on any atom is -0.493 e. The second-order valence-electron chi connectivity index (χ2n) is 9.04. The van der Waals surface area contributed by atoms with Crippen LogP contribution in [0.4, 0.5) is 16.0 Å². The number of rotatable bonds is 8. The van der Waals surface area contributed by atoms with Crippen molar-refractivity contribution < 1.29 is 27.0 Å². The first-order chi connectivity index (χ1) is 19.8. The molecular formula is C29H24FN5O5S. The van der Waals surface area contributed by atoms with E-state index in [1.54, 1.807) is 66.9 Å². The van der Waals surface area contributed by atoms with Gasteiger partial charge < -0.3 is 19.5 Å². The van der Waals surface area contributed by atoms with E-state index in [-0.39, 0.29) is 16.5 Å². The van der Waals surface area contributed by atoms with Gasteiger partial charge in [0.25, 0.3) is 10.0 Å². The van der Waals surface area contributed by atoms with Crippen LogP contribution in [0.2, 0.25) is 0 Å². The monoisotopic (exact) mass is 573 g/mol. The molecule has 0 aliphatic carbocycles. The molecule has 0 spiro atoms. The van der Waals surface area contributed by atoms with E-state index in [0.717, 1.165) is 0 Å². The Morgan fingerprint density at radius 1 is 0.829 bits per heavy atom. The summed E-state index contributed by atoms with van der Waals surface area (Å²) in [5.74, 6) is 0.989. The Kier molecular flexibility index (Phi) is 6.46. The lowest BCUT2D eigenvalue weighted by Crippen LogP contribution is -2.11. The molecule has 0 bridgehead atoms. The summed E-state index contributed by atoms with van der Waals surface area (Å²) in [4.78, 5) is 0.189. The highest BCUT2D eigenvalue weighted by Gasteiger charge is 2.20. The van der Waals surface area contributed by atoms with Gasteiger partial charge in [-0.3, -0.25) is 4.40 Å². The predicted molar refractivity (Wildman–Crippen MR) is 152 cm³/mol. The maximum Gasteiger partial charge on any atom is 0.268 e. The van der Waals surface area contributed by atoms with Crippen LogP contribution in [0, 0.1) is 5.82 Å². The first-order valence-corrected chi connectivity index (χ1v) is 13.8. The molecule has 6 rings (SSSR count). The van der Waals surface area contributed by atoms with Crippen LogP contribution in [-0.4, -0.2) is 48.3 Å². The maximum atomic E-state index is 15.2. The molecule has 6 aromatic rings. The Morgan fingerprint density at radius 3 is 2.24 bits per heavy atom. The average Bonchev–Trinajstić information content (AvgIpc) is 3.61. The highest BCUT2D eigenvalue weighted by atomic mass is 32.2. The summed E-state index contributed by atoms with van der Waals surface area (Å²) in [7, 11) is 0.759. The topological polar surface area (TPSA) is 109 Å². The molecule has 1 N–H and O–H groups in total. The summed E-state index contributed by atoms with van der Waals surface area (Å²) < 4.78 is 60.5. The van der Waals surface area contributed by atoms with Crippen LogP contribution in [0.3, 0.4) is 0 Å². The van der Waals surface area contributed by atoms with E-state index in [1.807, 2.05) is 6.07 Å². The molecule has 3 aromatic heterocycles. The average molecular weight is 574 g/mol. The first kappa shape index (κ1) is 26.1. The maximum absolute atomic E-state index is 15.2. The number of anilines is 2. The van der Waals surface area contributed by atoms with Gasteiger partial charge in [-0.2, -0.15) is 0 Å². The largest absolute Gasteiger partial charge is 0.493 e. The molecule has 0 radical (unpaired) electrons. The van der Waals surface area contributed by atoms with E-state index >= 15 is 4.39 Å². The summed E-state index contributed by atoms with van der Waals surface area (Å²) in [5, 5.41) is 11.9. The number of aromatic nitrogens is 4. The molecule has 0 fully saturated rings. The van der Waals surface area contributed by atoms with Crippen molar-refractivity contribution in [1.29, 1.82) is 0 Å². The van der Waals surface area contributed by atoms with Crippen molar-refractivity contribution in [3.8, 4) is 28.4 Å². The lowest BCUT2D eigenvalue weighted by molar-refractivity contribution is 0.324. The van der Waals surface area contributed by atoms with E-state index in [1.165, 1.54) is 42.0 Å². The fourth-order valence-electron chi connectivity index (χ4n) is 4.69. The molecule has 0 atom stereocenters. The third-order valence-corrected chi connectivity index (χ3v) is 8.37. The van der Waals surface area contributed by atoms with Crippen molar-refractivity contribution in [1.82, 2.24) is 18.6 Å². The van der Waals surface area contributed by atoms with Gasteiger partial charge in [0.1, 0.15) is 0 Å². The molecule has 0 amide bonds. The first-order valence-electron chi connectivity index (χ1n) is 12.4. The zero-order valence-corrected chi connectivity index (χ0v) is 23.0. The van der Waals surface area contributed by atoms with E-state index < -0.39 is 15.8 Å². The molecule has 12 heteroatoms. The number of hydrogen-bond donors (Lipinski definition) is 1. The number of fused-ring (bicyclic) bond motifs is 2. The van der Waals surface area contributed by atoms with Crippen LogP contribution in [0.15, 0.2) is 90.1 Å². The molecule has 0 unspecified atom stereocenters. The van der Waals surface area contributed by atoms with Crippen molar-refractivity contribution in [2.24, 2.45) is 0 Å². The zero-order valence-electron chi connectivity index (χ0n) is 22.2. The highest BCUT2D eigenvalue weighted by Crippen LogP contribution is 2.40. The Labute approximate surface area is 234 Å². The number of halogens is 1. The molecule has 0 saturated carbocycles. The second-order valence-corrected chi connectivity index (χ2v) is 10.9. The van der Waals surface area contributed by atoms with E-state index in [4.69, 9.17) is 14.2 Å². The van der Waals surface area contributed by atoms with Crippen molar-refractivity contribution in [2.45, 2.75) is 4.90 Å². The van der Waals surface area contributed by atoms with Gasteiger partial charge in [-0.1, -0.05) is 24.3 Å². The highest BCUT2D eigenvalue weighted by molar-refractivity contribution is 7.90. The lowest BCUT2D eigenvalue weighted by Gasteiger charge is -2.14. The molecule has 208 valence electrons. The predicted octanol–water partition coefficient (Wildman–Crippen LogP) is 5.50. The number of pyridine rings is 1. The number of nitrogens with zero attached hydrogens (tertiary/aromatic N) is 4. The molecular weight excluding hydrogens is 549 g/mol. The quantitative estimate of drug-likeness (QED) is 0.254. The van der Waals surface area contributed by atoms with Crippen molar-refractivity contribution in [2.75, 3.05) is 26.6 Å². The fourth-order valence-corrected chi connectivity index (χ4v) is 6.07. The Balaban J connectivity index is 1.39. The second kappa shape index (κ2) is 10.1. The van der Waals surface area contributed by atoms with E-state index in [2.05, 4.69) is 15.5 Å². The summed E-state index contributed by atoms with van der Waals surface area (Å²) in [6, 6.07) is 20.0. The van der Waals surface area contributed by atoms with Gasteiger partial charge in [-0.05, 0) is 42.0 Å². The van der Waals surface area contributed by atoms with Gasteiger partial charge in [-0.25, -0.2) is 16.8 Å². The Morgan fingerprint density at radius 2 is 1.56 bits per heavy atom. The Hall–Kier alpha value is -5.10. The number of ether oxygens (including phenoxy) is 3. The third-order valence-electron chi connectivity index (χ3n) is 6.67. The van der Waals surface area contributed by atoms with Crippen molar-refractivity contribution in [3.05, 3.63) is 91.0 Å². The Bertz CT molecular complexity index is 2000. The summed E-state index contributed by atoms with van der Waals surface area (Å²) >= 11 is 0. The van der Waals surface area contributed by atoms with Crippen LogP contribution < -0.4 is 19.5 Å². The smallest absolute Gasteiger partial charge is 0.268 e. The van der Waals surface area contributed by atoms with Gasteiger partial charge in [0.15, 0.2) is 23.0 Å². The van der Waals surface area contributed by atoms with E-state index in [0.29, 0.717) is 45.0 Å². The lowest BCUT2D eigenvalue weighted by atomic mass is 10.1. The standard InChI is InChI=1S/C29H24FN5O5S/c1-38-25-15-21(16-26(39-2)27(25)40-3)31-29-33-32-28-23(30)14-20(17-34(28)29)18-9-10-24-19(13-18)11-12-35(24)41(36,37)22-7-5-4-6-8-22/h4-17H,1-3H3,(H,31,33). The number of benzene rings is 3. The van der Waals surface area contributed by atoms with Gasteiger partial charge >= 0.3 is 0 Å². The van der Waals surface area contributed by atoms with Crippen LogP contribution >= 0.6 is 0 Å². The fraction of sp³-hybridized carbons (Fsp3) is 0.103. The van der Waals surface area contributed by atoms with Crippen LogP contribution in [0.5, 0.6) is 17.2 Å². The van der Waals surface area contributed by atoms with Gasteiger partial charge in [0.2, 0.25) is 11.7 Å². The minimum atomic E-state index is -3.78. The third kappa shape index (κ3) is 4.47.